The lowest BCUT2D eigenvalue weighted by molar-refractivity contribution is -0.142. The second-order valence-corrected chi connectivity index (χ2v) is 6.05. The molecule has 3 rings (SSSR count). The molecular formula is C14H16N2O3S. The molecule has 3 atom stereocenters. The van der Waals surface area contributed by atoms with Gasteiger partial charge in [0, 0.05) is 10.9 Å². The Morgan fingerprint density at radius 3 is 3.05 bits per heavy atom. The topological polar surface area (TPSA) is 76.2 Å². The van der Waals surface area contributed by atoms with Crippen LogP contribution in [0.1, 0.15) is 38.0 Å². The van der Waals surface area contributed by atoms with Gasteiger partial charge in [0.25, 0.3) is 0 Å². The van der Waals surface area contributed by atoms with E-state index in [0.29, 0.717) is 24.1 Å². The van der Waals surface area contributed by atoms with E-state index in [4.69, 9.17) is 4.52 Å². The SMILES string of the molecule is CCC1CC(C(=O)O)C(c2nc(-c3ccsc3)no2)C1. The monoisotopic (exact) mass is 292 g/mol. The average molecular weight is 292 g/mol. The zero-order chi connectivity index (χ0) is 14.1. The Kier molecular flexibility index (Phi) is 3.56. The summed E-state index contributed by atoms with van der Waals surface area (Å²) in [4.78, 5) is 15.8. The van der Waals surface area contributed by atoms with E-state index in [0.717, 1.165) is 18.4 Å². The zero-order valence-corrected chi connectivity index (χ0v) is 12.0. The summed E-state index contributed by atoms with van der Waals surface area (Å²) in [7, 11) is 0. The lowest BCUT2D eigenvalue weighted by Crippen LogP contribution is -2.17. The molecule has 20 heavy (non-hydrogen) atoms. The van der Waals surface area contributed by atoms with E-state index < -0.39 is 11.9 Å². The van der Waals surface area contributed by atoms with E-state index in [-0.39, 0.29) is 5.92 Å². The van der Waals surface area contributed by atoms with E-state index in [1.165, 1.54) is 0 Å². The van der Waals surface area contributed by atoms with Gasteiger partial charge in [0.2, 0.25) is 11.7 Å². The fraction of sp³-hybridized carbons (Fsp3) is 0.500. The molecule has 0 aromatic carbocycles. The van der Waals surface area contributed by atoms with Crippen molar-refractivity contribution in [2.24, 2.45) is 11.8 Å². The lowest BCUT2D eigenvalue weighted by atomic mass is 9.96. The van der Waals surface area contributed by atoms with Gasteiger partial charge in [-0.15, -0.1) is 0 Å². The highest BCUT2D eigenvalue weighted by atomic mass is 32.1. The summed E-state index contributed by atoms with van der Waals surface area (Å²) in [6.07, 6.45) is 2.51. The highest BCUT2D eigenvalue weighted by Gasteiger charge is 2.42. The maximum Gasteiger partial charge on any atom is 0.307 e. The number of hydrogen-bond donors (Lipinski definition) is 1. The first kappa shape index (κ1) is 13.3. The highest BCUT2D eigenvalue weighted by molar-refractivity contribution is 7.08. The van der Waals surface area contributed by atoms with Crippen LogP contribution < -0.4 is 0 Å². The summed E-state index contributed by atoms with van der Waals surface area (Å²) in [6.45, 7) is 2.09. The number of carboxylic acids is 1. The summed E-state index contributed by atoms with van der Waals surface area (Å²) in [5.41, 5.74) is 0.918. The van der Waals surface area contributed by atoms with Crippen LogP contribution in [0, 0.1) is 11.8 Å². The fourth-order valence-corrected chi connectivity index (χ4v) is 3.55. The van der Waals surface area contributed by atoms with E-state index in [2.05, 4.69) is 17.1 Å². The van der Waals surface area contributed by atoms with E-state index >= 15 is 0 Å². The second kappa shape index (κ2) is 5.36. The van der Waals surface area contributed by atoms with E-state index in [1.807, 2.05) is 16.8 Å². The molecule has 5 nitrogen and oxygen atoms in total. The summed E-state index contributed by atoms with van der Waals surface area (Å²) in [6, 6.07) is 1.93. The van der Waals surface area contributed by atoms with Gasteiger partial charge in [-0.3, -0.25) is 4.79 Å². The van der Waals surface area contributed by atoms with Crippen molar-refractivity contribution in [3.63, 3.8) is 0 Å². The first-order chi connectivity index (χ1) is 9.69. The van der Waals surface area contributed by atoms with Crippen LogP contribution in [0.25, 0.3) is 11.4 Å². The van der Waals surface area contributed by atoms with E-state index in [9.17, 15) is 9.90 Å². The Morgan fingerprint density at radius 1 is 1.55 bits per heavy atom. The van der Waals surface area contributed by atoms with Gasteiger partial charge in [-0.1, -0.05) is 18.5 Å². The molecule has 2 heterocycles. The number of aliphatic carboxylic acids is 1. The third-order valence-corrected chi connectivity index (χ3v) is 4.78. The standard InChI is InChI=1S/C14H16N2O3S/c1-2-8-5-10(11(6-8)14(17)18)13-15-12(16-19-13)9-3-4-20-7-9/h3-4,7-8,10-11H,2,5-6H2,1H3,(H,17,18). The van der Waals surface area contributed by atoms with Crippen LogP contribution >= 0.6 is 11.3 Å². The molecule has 6 heteroatoms. The predicted octanol–water partition coefficient (Wildman–Crippen LogP) is 3.40. The molecule has 2 aromatic rings. The number of nitrogens with zero attached hydrogens (tertiary/aromatic N) is 2. The zero-order valence-electron chi connectivity index (χ0n) is 11.2. The Hall–Kier alpha value is -1.69. The lowest BCUT2D eigenvalue weighted by Gasteiger charge is -2.09. The van der Waals surface area contributed by atoms with Crippen molar-refractivity contribution < 1.29 is 14.4 Å². The van der Waals surface area contributed by atoms with Crippen molar-refractivity contribution >= 4 is 17.3 Å². The minimum atomic E-state index is -0.763. The number of carbonyl (C=O) groups is 1. The van der Waals surface area contributed by atoms with Gasteiger partial charge >= 0.3 is 5.97 Å². The summed E-state index contributed by atoms with van der Waals surface area (Å²) in [5.74, 6) is 0.117. The van der Waals surface area contributed by atoms with E-state index in [1.54, 1.807) is 11.3 Å². The summed E-state index contributed by atoms with van der Waals surface area (Å²) in [5, 5.41) is 17.2. The minimum absolute atomic E-state index is 0.155. The van der Waals surface area contributed by atoms with Gasteiger partial charge in [-0.2, -0.15) is 16.3 Å². The molecule has 1 aliphatic carbocycles. The molecule has 0 spiro atoms. The molecule has 0 radical (unpaired) electrons. The maximum absolute atomic E-state index is 11.4. The summed E-state index contributed by atoms with van der Waals surface area (Å²) >= 11 is 1.57. The Morgan fingerprint density at radius 2 is 2.40 bits per heavy atom. The van der Waals surface area contributed by atoms with Crippen LogP contribution in [-0.4, -0.2) is 21.2 Å². The van der Waals surface area contributed by atoms with Crippen LogP contribution in [0.5, 0.6) is 0 Å². The Labute approximate surface area is 120 Å². The second-order valence-electron chi connectivity index (χ2n) is 5.27. The number of rotatable bonds is 4. The van der Waals surface area contributed by atoms with Crippen molar-refractivity contribution in [3.8, 4) is 11.4 Å². The van der Waals surface area contributed by atoms with Gasteiger partial charge in [0.15, 0.2) is 0 Å². The molecule has 2 aromatic heterocycles. The molecule has 1 N–H and O–H groups in total. The van der Waals surface area contributed by atoms with Crippen LogP contribution in [0.3, 0.4) is 0 Å². The van der Waals surface area contributed by atoms with Crippen LogP contribution in [-0.2, 0) is 4.79 Å². The number of carboxylic acid groups (broad SMARTS) is 1. The molecule has 1 aliphatic rings. The van der Waals surface area contributed by atoms with Crippen molar-refractivity contribution in [1.82, 2.24) is 10.1 Å². The third-order valence-electron chi connectivity index (χ3n) is 4.09. The minimum Gasteiger partial charge on any atom is -0.481 e. The molecule has 1 saturated carbocycles. The quantitative estimate of drug-likeness (QED) is 0.934. The largest absolute Gasteiger partial charge is 0.481 e. The van der Waals surface area contributed by atoms with Gasteiger partial charge in [0.1, 0.15) is 0 Å². The van der Waals surface area contributed by atoms with Crippen LogP contribution in [0.2, 0.25) is 0 Å². The summed E-state index contributed by atoms with van der Waals surface area (Å²) < 4.78 is 5.33. The van der Waals surface area contributed by atoms with Crippen LogP contribution in [0.4, 0.5) is 0 Å². The van der Waals surface area contributed by atoms with Gasteiger partial charge in [0.05, 0.1) is 11.8 Å². The Bertz CT molecular complexity index is 593. The highest BCUT2D eigenvalue weighted by Crippen LogP contribution is 2.44. The number of thiophene rings is 1. The van der Waals surface area contributed by atoms with Crippen molar-refractivity contribution in [2.75, 3.05) is 0 Å². The van der Waals surface area contributed by atoms with Gasteiger partial charge < -0.3 is 9.63 Å². The molecule has 0 saturated heterocycles. The molecule has 106 valence electrons. The first-order valence-corrected chi connectivity index (χ1v) is 7.72. The fourth-order valence-electron chi connectivity index (χ4n) is 2.92. The smallest absolute Gasteiger partial charge is 0.307 e. The molecule has 1 fully saturated rings. The van der Waals surface area contributed by atoms with Crippen molar-refractivity contribution in [1.29, 1.82) is 0 Å². The molecule has 3 unspecified atom stereocenters. The molecule has 0 amide bonds. The molecular weight excluding hydrogens is 276 g/mol. The molecule has 0 bridgehead atoms. The van der Waals surface area contributed by atoms with Crippen molar-refractivity contribution in [3.05, 3.63) is 22.7 Å². The molecule has 0 aliphatic heterocycles. The van der Waals surface area contributed by atoms with Gasteiger partial charge in [-0.05, 0) is 30.2 Å². The maximum atomic E-state index is 11.4. The van der Waals surface area contributed by atoms with Gasteiger partial charge in [-0.25, -0.2) is 0 Å². The third kappa shape index (κ3) is 2.35. The normalized spacial score (nSPS) is 25.9. The number of aromatic nitrogens is 2. The Balaban J connectivity index is 1.86. The average Bonchev–Trinajstić information content (AvgIpc) is 3.17. The van der Waals surface area contributed by atoms with Crippen LogP contribution in [0.15, 0.2) is 21.3 Å². The number of hydrogen-bond acceptors (Lipinski definition) is 5. The first-order valence-electron chi connectivity index (χ1n) is 6.78. The van der Waals surface area contributed by atoms with Crippen molar-refractivity contribution in [2.45, 2.75) is 32.1 Å². The predicted molar refractivity (Wildman–Crippen MR) is 74.5 cm³/mol.